The molecule has 6 aliphatic rings. The molecule has 292 valence electrons. The number of benzene rings is 6. The van der Waals surface area contributed by atoms with Gasteiger partial charge in [-0.2, -0.15) is 0 Å². The van der Waals surface area contributed by atoms with Gasteiger partial charge in [-0.05, 0) is 155 Å². The first-order valence-corrected chi connectivity index (χ1v) is 21.0. The van der Waals surface area contributed by atoms with Crippen molar-refractivity contribution in [2.24, 2.45) is 0 Å². The molecule has 7 heteroatoms. The first-order chi connectivity index (χ1) is 28.8. The van der Waals surface area contributed by atoms with Crippen molar-refractivity contribution in [1.29, 1.82) is 0 Å². The second-order valence-electron chi connectivity index (χ2n) is 16.6. The minimum absolute atomic E-state index is 0.0334. The van der Waals surface area contributed by atoms with Gasteiger partial charge in [-0.1, -0.05) is 48.5 Å². The Labute approximate surface area is 343 Å². The lowest BCUT2D eigenvalue weighted by Crippen LogP contribution is -2.34. The van der Waals surface area contributed by atoms with Gasteiger partial charge in [0, 0.05) is 65.4 Å². The van der Waals surface area contributed by atoms with E-state index in [-0.39, 0.29) is 29.6 Å². The minimum Gasteiger partial charge on any atom is -0.371 e. The number of aldehydes is 1. The van der Waals surface area contributed by atoms with E-state index < -0.39 is 0 Å². The first kappa shape index (κ1) is 36.8. The fourth-order valence-corrected chi connectivity index (χ4v) is 10.2. The zero-order chi connectivity index (χ0) is 40.2. The number of carbonyl (C=O) groups excluding carboxylic acids is 5. The van der Waals surface area contributed by atoms with Crippen LogP contribution in [0.1, 0.15) is 112 Å². The number of ketones is 4. The van der Waals surface area contributed by atoms with Crippen molar-refractivity contribution < 1.29 is 24.0 Å². The molecule has 0 atom stereocenters. The van der Waals surface area contributed by atoms with Crippen LogP contribution in [-0.4, -0.2) is 55.6 Å². The molecule has 12 rings (SSSR count). The number of nitrogens with zero attached hydrogens (tertiary/aromatic N) is 2. The summed E-state index contributed by atoms with van der Waals surface area (Å²) in [7, 11) is 0. The average Bonchev–Trinajstić information content (AvgIpc) is 3.67. The lowest BCUT2D eigenvalue weighted by atomic mass is 9.89. The smallest absolute Gasteiger partial charge is 0.197 e. The maximum Gasteiger partial charge on any atom is 0.197 e. The molecule has 2 aliphatic carbocycles. The zero-order valence-electron chi connectivity index (χ0n) is 33.0. The Morgan fingerprint density at radius 2 is 0.797 bits per heavy atom. The summed E-state index contributed by atoms with van der Waals surface area (Å²) in [5, 5.41) is 4.01. The Bertz CT molecular complexity index is 2660. The van der Waals surface area contributed by atoms with Gasteiger partial charge in [-0.25, -0.2) is 0 Å². The molecule has 4 aliphatic heterocycles. The Kier molecular flexibility index (Phi) is 9.39. The molecule has 0 amide bonds. The number of carbonyl (C=O) groups is 5. The van der Waals surface area contributed by atoms with Gasteiger partial charge in [0.05, 0.1) is 12.0 Å². The number of anilines is 2. The Morgan fingerprint density at radius 1 is 0.441 bits per heavy atom. The van der Waals surface area contributed by atoms with E-state index in [0.717, 1.165) is 77.7 Å². The molecular weight excluding hydrogens is 733 g/mol. The number of rotatable bonds is 2. The highest BCUT2D eigenvalue weighted by molar-refractivity contribution is 6.42. The number of Topliss-reactive ketones (excluding diaryl/α,β-unsaturated/α-hetero) is 4. The molecule has 0 aromatic heterocycles. The van der Waals surface area contributed by atoms with E-state index in [4.69, 9.17) is 0 Å². The monoisotopic (exact) mass is 776 g/mol. The van der Waals surface area contributed by atoms with Crippen molar-refractivity contribution in [2.45, 2.75) is 57.8 Å². The molecule has 0 saturated heterocycles. The SMILES string of the molecule is O=C1C(=Cc2cc3c4c(c2)CCCN4CCC3)C(=O)c2cc3ccccc3cc21.O=C1CC(=O)c2cc3ccccc3cc21.O=Cc1cc2c3c(c1)CCCN3CCC2. The van der Waals surface area contributed by atoms with Crippen LogP contribution in [0.25, 0.3) is 27.6 Å². The summed E-state index contributed by atoms with van der Waals surface area (Å²) in [6.07, 6.45) is 12.1. The van der Waals surface area contributed by atoms with Crippen LogP contribution in [0.15, 0.2) is 103 Å². The summed E-state index contributed by atoms with van der Waals surface area (Å²) >= 11 is 0. The Morgan fingerprint density at radius 3 is 1.17 bits per heavy atom. The predicted molar refractivity (Wildman–Crippen MR) is 234 cm³/mol. The molecule has 0 N–H and O–H groups in total. The molecule has 6 aromatic carbocycles. The van der Waals surface area contributed by atoms with Gasteiger partial charge in [-0.3, -0.25) is 24.0 Å². The summed E-state index contributed by atoms with van der Waals surface area (Å²) in [6.45, 7) is 4.67. The second-order valence-corrected chi connectivity index (χ2v) is 16.6. The summed E-state index contributed by atoms with van der Waals surface area (Å²) in [5.41, 5.74) is 12.7. The summed E-state index contributed by atoms with van der Waals surface area (Å²) in [4.78, 5) is 65.0. The zero-order valence-corrected chi connectivity index (χ0v) is 33.0. The van der Waals surface area contributed by atoms with Crippen LogP contribution in [0.3, 0.4) is 0 Å². The van der Waals surface area contributed by atoms with Gasteiger partial charge >= 0.3 is 0 Å². The summed E-state index contributed by atoms with van der Waals surface area (Å²) < 4.78 is 0. The van der Waals surface area contributed by atoms with Crippen molar-refractivity contribution in [3.8, 4) is 0 Å². The number of aryl methyl sites for hydroxylation is 4. The van der Waals surface area contributed by atoms with Crippen LogP contribution >= 0.6 is 0 Å². The van der Waals surface area contributed by atoms with Gasteiger partial charge in [0.15, 0.2) is 23.1 Å². The van der Waals surface area contributed by atoms with Crippen LogP contribution in [0.5, 0.6) is 0 Å². The third-order valence-corrected chi connectivity index (χ3v) is 12.8. The number of allylic oxidation sites excluding steroid dienone is 1. The molecule has 0 spiro atoms. The molecule has 0 bridgehead atoms. The van der Waals surface area contributed by atoms with Gasteiger partial charge in [-0.15, -0.1) is 0 Å². The Hall–Kier alpha value is -6.47. The second kappa shape index (κ2) is 15.0. The van der Waals surface area contributed by atoms with E-state index in [1.54, 1.807) is 0 Å². The van der Waals surface area contributed by atoms with Crippen molar-refractivity contribution in [2.75, 3.05) is 36.0 Å². The van der Waals surface area contributed by atoms with E-state index in [0.29, 0.717) is 27.8 Å². The van der Waals surface area contributed by atoms with Gasteiger partial charge < -0.3 is 9.80 Å². The number of hydrogen-bond acceptors (Lipinski definition) is 7. The van der Waals surface area contributed by atoms with E-state index >= 15 is 0 Å². The molecule has 6 aromatic rings. The maximum atomic E-state index is 13.1. The van der Waals surface area contributed by atoms with Crippen molar-refractivity contribution in [3.63, 3.8) is 0 Å². The number of hydrogen-bond donors (Lipinski definition) is 0. The van der Waals surface area contributed by atoms with Crippen LogP contribution < -0.4 is 9.80 Å². The van der Waals surface area contributed by atoms with Crippen molar-refractivity contribution >= 4 is 68.4 Å². The predicted octanol–water partition coefficient (Wildman–Crippen LogP) is 9.81. The molecule has 4 heterocycles. The van der Waals surface area contributed by atoms with Gasteiger partial charge in [0.2, 0.25) is 0 Å². The highest BCUT2D eigenvalue weighted by atomic mass is 16.2. The van der Waals surface area contributed by atoms with E-state index in [2.05, 4.69) is 34.1 Å². The molecule has 0 fully saturated rings. The molecule has 0 saturated carbocycles. The third-order valence-electron chi connectivity index (χ3n) is 12.8. The average molecular weight is 777 g/mol. The lowest BCUT2D eigenvalue weighted by Gasteiger charge is -2.37. The van der Waals surface area contributed by atoms with Crippen molar-refractivity contribution in [3.05, 3.63) is 158 Å². The standard InChI is InChI=1S/C26H21NO2.C13H15NO.C13H8O2/c28-25-21-14-17-5-1-2-6-18(17)15-22(21)26(29)23(25)13-16-11-19-7-3-9-27-10-4-8-20(12-16)24(19)27;15-9-10-7-11-3-1-5-14-6-2-4-12(8-10)13(11)14;14-12-7-13(15)11-6-9-4-2-1-3-8(9)5-10(11)12/h1-2,5-6,11-15H,3-4,7-10H2;7-9H,1-6H2;1-6H,7H2. The molecule has 7 nitrogen and oxygen atoms in total. The van der Waals surface area contributed by atoms with E-state index in [1.165, 1.54) is 72.4 Å². The van der Waals surface area contributed by atoms with Crippen molar-refractivity contribution in [1.82, 2.24) is 0 Å². The maximum absolute atomic E-state index is 13.1. The van der Waals surface area contributed by atoms with E-state index in [9.17, 15) is 24.0 Å². The van der Waals surface area contributed by atoms with E-state index in [1.807, 2.05) is 78.9 Å². The fourth-order valence-electron chi connectivity index (χ4n) is 10.2. The van der Waals surface area contributed by atoms with Crippen LogP contribution in [-0.2, 0) is 25.7 Å². The topological polar surface area (TPSA) is 91.8 Å². The van der Waals surface area contributed by atoms with Crippen LogP contribution in [0, 0.1) is 0 Å². The van der Waals surface area contributed by atoms with Gasteiger partial charge in [0.1, 0.15) is 6.29 Å². The van der Waals surface area contributed by atoms with Crippen LogP contribution in [0.2, 0.25) is 0 Å². The largest absolute Gasteiger partial charge is 0.371 e. The minimum atomic E-state index is -0.149. The lowest BCUT2D eigenvalue weighted by molar-refractivity contribution is 0.0919. The third kappa shape index (κ3) is 6.68. The molecule has 0 radical (unpaired) electrons. The molecule has 0 unspecified atom stereocenters. The summed E-state index contributed by atoms with van der Waals surface area (Å²) in [5.74, 6) is -0.408. The summed E-state index contributed by atoms with van der Waals surface area (Å²) in [6, 6.07) is 31.5. The number of fused-ring (bicyclic) bond motifs is 4. The molecular formula is C52H44N2O5. The highest BCUT2D eigenvalue weighted by Crippen LogP contribution is 2.39. The highest BCUT2D eigenvalue weighted by Gasteiger charge is 2.34. The Balaban J connectivity index is 0.000000118. The molecule has 59 heavy (non-hydrogen) atoms. The quantitative estimate of drug-likeness (QED) is 0.0749. The first-order valence-electron chi connectivity index (χ1n) is 21.0. The van der Waals surface area contributed by atoms with Gasteiger partial charge in [0.25, 0.3) is 0 Å². The fraction of sp³-hybridized carbons (Fsp3) is 0.250. The normalized spacial score (nSPS) is 17.1. The van der Waals surface area contributed by atoms with Crippen LogP contribution in [0.4, 0.5) is 11.4 Å².